The van der Waals surface area contributed by atoms with Crippen LogP contribution in [0.1, 0.15) is 45.4 Å². The zero-order valence-corrected chi connectivity index (χ0v) is 9.36. The average Bonchev–Trinajstić information content (AvgIpc) is 2.16. The van der Waals surface area contributed by atoms with Crippen LogP contribution < -0.4 is 10.6 Å². The van der Waals surface area contributed by atoms with Crippen molar-refractivity contribution in [2.45, 2.75) is 45.4 Å². The first-order valence-electron chi connectivity index (χ1n) is 5.77. The Hall–Kier alpha value is -0.0800. The van der Waals surface area contributed by atoms with Crippen LogP contribution in [0.3, 0.4) is 0 Å². The van der Waals surface area contributed by atoms with E-state index in [0.717, 1.165) is 0 Å². The second-order valence-electron chi connectivity index (χ2n) is 3.62. The van der Waals surface area contributed by atoms with Crippen molar-refractivity contribution in [3.05, 3.63) is 0 Å². The lowest BCUT2D eigenvalue weighted by atomic mass is 10.2. The van der Waals surface area contributed by atoms with Gasteiger partial charge in [-0.05, 0) is 45.9 Å². The van der Waals surface area contributed by atoms with Crippen LogP contribution in [0.4, 0.5) is 0 Å². The third-order valence-corrected chi connectivity index (χ3v) is 2.24. The maximum atomic E-state index is 3.46. The van der Waals surface area contributed by atoms with E-state index in [1.165, 1.54) is 58.2 Å². The molecule has 0 aromatic rings. The SMILES string of the molecule is CCCCNCCCCCCNC. The van der Waals surface area contributed by atoms with Gasteiger partial charge >= 0.3 is 0 Å². The number of hydrogen-bond acceptors (Lipinski definition) is 2. The zero-order valence-electron chi connectivity index (χ0n) is 9.36. The van der Waals surface area contributed by atoms with Crippen LogP contribution in [0, 0.1) is 0 Å². The summed E-state index contributed by atoms with van der Waals surface area (Å²) >= 11 is 0. The molecule has 0 saturated carbocycles. The summed E-state index contributed by atoms with van der Waals surface area (Å²) in [5.74, 6) is 0. The Labute approximate surface area is 83.5 Å². The van der Waals surface area contributed by atoms with Gasteiger partial charge in [0.1, 0.15) is 0 Å². The second kappa shape index (κ2) is 11.9. The Bertz CT molecular complexity index is 74.2. The third-order valence-electron chi connectivity index (χ3n) is 2.24. The molecule has 0 aliphatic carbocycles. The molecule has 0 fully saturated rings. The molecule has 0 amide bonds. The molecule has 0 aromatic carbocycles. The summed E-state index contributed by atoms with van der Waals surface area (Å²) in [6.07, 6.45) is 8.03. The van der Waals surface area contributed by atoms with E-state index in [9.17, 15) is 0 Å². The molecule has 0 aromatic heterocycles. The molecule has 0 spiro atoms. The Balaban J connectivity index is 2.76. The van der Waals surface area contributed by atoms with E-state index in [2.05, 4.69) is 17.6 Å². The molecule has 0 atom stereocenters. The van der Waals surface area contributed by atoms with Crippen molar-refractivity contribution in [2.24, 2.45) is 0 Å². The molecule has 0 bridgehead atoms. The molecule has 2 nitrogen and oxygen atoms in total. The van der Waals surface area contributed by atoms with Gasteiger partial charge in [-0.2, -0.15) is 0 Å². The highest BCUT2D eigenvalue weighted by atomic mass is 14.8. The fraction of sp³-hybridized carbons (Fsp3) is 1.00. The fourth-order valence-electron chi connectivity index (χ4n) is 1.33. The van der Waals surface area contributed by atoms with Crippen molar-refractivity contribution in [1.29, 1.82) is 0 Å². The predicted octanol–water partition coefficient (Wildman–Crippen LogP) is 2.16. The minimum Gasteiger partial charge on any atom is -0.320 e. The molecule has 0 saturated heterocycles. The maximum absolute atomic E-state index is 3.46. The molecule has 0 aliphatic heterocycles. The number of nitrogens with one attached hydrogen (secondary N) is 2. The topological polar surface area (TPSA) is 24.1 Å². The van der Waals surface area contributed by atoms with Crippen LogP contribution in [-0.4, -0.2) is 26.7 Å². The summed E-state index contributed by atoms with van der Waals surface area (Å²) < 4.78 is 0. The van der Waals surface area contributed by atoms with E-state index in [-0.39, 0.29) is 0 Å². The summed E-state index contributed by atoms with van der Waals surface area (Å²) in [5.41, 5.74) is 0. The Morgan fingerprint density at radius 1 is 0.769 bits per heavy atom. The van der Waals surface area contributed by atoms with E-state index in [1.54, 1.807) is 0 Å². The first-order valence-corrected chi connectivity index (χ1v) is 5.77. The van der Waals surface area contributed by atoms with Gasteiger partial charge in [0.15, 0.2) is 0 Å². The molecule has 0 heterocycles. The largest absolute Gasteiger partial charge is 0.320 e. The van der Waals surface area contributed by atoms with Crippen LogP contribution in [0.5, 0.6) is 0 Å². The lowest BCUT2D eigenvalue weighted by Crippen LogP contribution is -2.16. The van der Waals surface area contributed by atoms with Crippen molar-refractivity contribution in [3.63, 3.8) is 0 Å². The predicted molar refractivity (Wildman–Crippen MR) is 60.2 cm³/mol. The highest BCUT2D eigenvalue weighted by molar-refractivity contribution is 4.50. The number of unbranched alkanes of at least 4 members (excludes halogenated alkanes) is 4. The quantitative estimate of drug-likeness (QED) is 0.511. The van der Waals surface area contributed by atoms with Crippen LogP contribution in [0.15, 0.2) is 0 Å². The molecule has 0 radical (unpaired) electrons. The van der Waals surface area contributed by atoms with E-state index in [4.69, 9.17) is 0 Å². The van der Waals surface area contributed by atoms with Gasteiger partial charge in [0.2, 0.25) is 0 Å². The van der Waals surface area contributed by atoms with Crippen LogP contribution in [0.25, 0.3) is 0 Å². The summed E-state index contributed by atoms with van der Waals surface area (Å²) in [6, 6.07) is 0. The van der Waals surface area contributed by atoms with Crippen LogP contribution in [0.2, 0.25) is 0 Å². The first kappa shape index (κ1) is 12.9. The van der Waals surface area contributed by atoms with Crippen molar-refractivity contribution < 1.29 is 0 Å². The molecule has 2 N–H and O–H groups in total. The molecular formula is C11H26N2. The Kier molecular flexibility index (Phi) is 11.8. The lowest BCUT2D eigenvalue weighted by molar-refractivity contribution is 0.567. The van der Waals surface area contributed by atoms with E-state index < -0.39 is 0 Å². The number of hydrogen-bond donors (Lipinski definition) is 2. The average molecular weight is 186 g/mol. The van der Waals surface area contributed by atoms with Crippen molar-refractivity contribution in [2.75, 3.05) is 26.7 Å². The minimum atomic E-state index is 1.17. The second-order valence-corrected chi connectivity index (χ2v) is 3.62. The summed E-state index contributed by atoms with van der Waals surface area (Å²) in [5, 5.41) is 6.63. The maximum Gasteiger partial charge on any atom is -0.00489 e. The molecular weight excluding hydrogens is 160 g/mol. The van der Waals surface area contributed by atoms with Gasteiger partial charge in [-0.3, -0.25) is 0 Å². The van der Waals surface area contributed by atoms with E-state index in [1.807, 2.05) is 7.05 Å². The fourth-order valence-corrected chi connectivity index (χ4v) is 1.33. The zero-order chi connectivity index (χ0) is 9.78. The molecule has 2 heteroatoms. The molecule has 0 unspecified atom stereocenters. The van der Waals surface area contributed by atoms with Gasteiger partial charge in [-0.25, -0.2) is 0 Å². The van der Waals surface area contributed by atoms with Crippen molar-refractivity contribution >= 4 is 0 Å². The van der Waals surface area contributed by atoms with Gasteiger partial charge in [0.05, 0.1) is 0 Å². The van der Waals surface area contributed by atoms with E-state index in [0.29, 0.717) is 0 Å². The lowest BCUT2D eigenvalue weighted by Gasteiger charge is -2.03. The minimum absolute atomic E-state index is 1.17. The standard InChI is InChI=1S/C11H26N2/c1-3-4-10-13-11-8-6-5-7-9-12-2/h12-13H,3-11H2,1-2H3. The van der Waals surface area contributed by atoms with Crippen LogP contribution in [-0.2, 0) is 0 Å². The Morgan fingerprint density at radius 2 is 1.38 bits per heavy atom. The molecule has 0 aliphatic rings. The van der Waals surface area contributed by atoms with Gasteiger partial charge < -0.3 is 10.6 Å². The normalized spacial score (nSPS) is 10.6. The van der Waals surface area contributed by atoms with E-state index >= 15 is 0 Å². The molecule has 0 rings (SSSR count). The molecule has 13 heavy (non-hydrogen) atoms. The van der Waals surface area contributed by atoms with Gasteiger partial charge in [0.25, 0.3) is 0 Å². The van der Waals surface area contributed by atoms with Gasteiger partial charge in [-0.1, -0.05) is 26.2 Å². The van der Waals surface area contributed by atoms with Crippen molar-refractivity contribution in [1.82, 2.24) is 10.6 Å². The molecule has 80 valence electrons. The summed E-state index contributed by atoms with van der Waals surface area (Å²) in [4.78, 5) is 0. The van der Waals surface area contributed by atoms with Gasteiger partial charge in [-0.15, -0.1) is 0 Å². The van der Waals surface area contributed by atoms with Crippen molar-refractivity contribution in [3.8, 4) is 0 Å². The summed E-state index contributed by atoms with van der Waals surface area (Å²) in [6.45, 7) is 5.81. The highest BCUT2D eigenvalue weighted by Crippen LogP contribution is 1.97. The van der Waals surface area contributed by atoms with Gasteiger partial charge in [0, 0.05) is 0 Å². The third kappa shape index (κ3) is 11.9. The first-order chi connectivity index (χ1) is 6.41. The smallest absolute Gasteiger partial charge is 0.00489 e. The monoisotopic (exact) mass is 186 g/mol. The van der Waals surface area contributed by atoms with Crippen LogP contribution >= 0.6 is 0 Å². The summed E-state index contributed by atoms with van der Waals surface area (Å²) in [7, 11) is 2.02. The highest BCUT2D eigenvalue weighted by Gasteiger charge is 1.89. The number of rotatable bonds is 10. The Morgan fingerprint density at radius 3 is 2.00 bits per heavy atom.